The average molecular weight is 342 g/mol. The molecule has 0 spiro atoms. The summed E-state index contributed by atoms with van der Waals surface area (Å²) in [6.07, 6.45) is 6.29. The molecule has 132 valence electrons. The van der Waals surface area contributed by atoms with Gasteiger partial charge in [-0.2, -0.15) is 0 Å². The molecule has 0 unspecified atom stereocenters. The Kier molecular flexibility index (Phi) is 5.66. The highest BCUT2D eigenvalue weighted by molar-refractivity contribution is 5.93. The lowest BCUT2D eigenvalue weighted by atomic mass is 10.2. The maximum absolute atomic E-state index is 12.0. The van der Waals surface area contributed by atoms with E-state index in [4.69, 9.17) is 9.47 Å². The molecule has 2 aromatic rings. The highest BCUT2D eigenvalue weighted by atomic mass is 16.7. The molecule has 0 saturated carbocycles. The van der Waals surface area contributed by atoms with Crippen LogP contribution < -0.4 is 20.1 Å². The Balaban J connectivity index is 1.50. The zero-order valence-corrected chi connectivity index (χ0v) is 14.2. The molecule has 1 aliphatic rings. The molecule has 1 amide bonds. The number of amides is 1. The van der Waals surface area contributed by atoms with Crippen LogP contribution in [-0.4, -0.2) is 29.2 Å². The largest absolute Gasteiger partial charge is 0.454 e. The van der Waals surface area contributed by atoms with Gasteiger partial charge in [-0.05, 0) is 24.1 Å². The molecule has 2 heterocycles. The number of nitrogens with zero attached hydrogens (tertiary/aromatic N) is 2. The Bertz CT molecular complexity index is 719. The van der Waals surface area contributed by atoms with Crippen molar-refractivity contribution in [1.29, 1.82) is 0 Å². The lowest BCUT2D eigenvalue weighted by Gasteiger charge is -2.07. The normalized spacial score (nSPS) is 12.0. The van der Waals surface area contributed by atoms with Crippen molar-refractivity contribution in [1.82, 2.24) is 15.3 Å². The molecular formula is C18H22N4O3. The lowest BCUT2D eigenvalue weighted by molar-refractivity contribution is 0.0952. The van der Waals surface area contributed by atoms with Crippen LogP contribution in [0.15, 0.2) is 30.6 Å². The first kappa shape index (κ1) is 17.0. The molecule has 2 N–H and O–H groups in total. The van der Waals surface area contributed by atoms with Crippen molar-refractivity contribution in [2.45, 2.75) is 32.7 Å². The molecule has 0 aliphatic carbocycles. The van der Waals surface area contributed by atoms with Gasteiger partial charge in [-0.15, -0.1) is 0 Å². The number of carbonyl (C=O) groups excluding carboxylic acids is 1. The number of benzene rings is 1. The Morgan fingerprint density at radius 2 is 1.96 bits per heavy atom. The SMILES string of the molecule is CCCCCNC(=O)c1cnc(NCc2ccc3c(c2)OCO3)nc1. The van der Waals surface area contributed by atoms with E-state index in [9.17, 15) is 4.79 Å². The third-order valence-corrected chi connectivity index (χ3v) is 3.87. The Labute approximate surface area is 146 Å². The predicted octanol–water partition coefficient (Wildman–Crippen LogP) is 2.74. The second-order valence-electron chi connectivity index (χ2n) is 5.80. The van der Waals surface area contributed by atoms with Gasteiger partial charge in [0.25, 0.3) is 5.91 Å². The van der Waals surface area contributed by atoms with Crippen LogP contribution in [0.25, 0.3) is 0 Å². The first-order valence-electron chi connectivity index (χ1n) is 8.49. The molecule has 0 saturated heterocycles. The third kappa shape index (κ3) is 4.59. The van der Waals surface area contributed by atoms with Crippen LogP contribution in [0.3, 0.4) is 0 Å². The summed E-state index contributed by atoms with van der Waals surface area (Å²) in [5.74, 6) is 1.84. The summed E-state index contributed by atoms with van der Waals surface area (Å²) < 4.78 is 10.6. The number of aromatic nitrogens is 2. The smallest absolute Gasteiger partial charge is 0.254 e. The quantitative estimate of drug-likeness (QED) is 0.718. The van der Waals surface area contributed by atoms with Crippen molar-refractivity contribution in [2.24, 2.45) is 0 Å². The number of nitrogens with one attached hydrogen (secondary N) is 2. The van der Waals surface area contributed by atoms with Gasteiger partial charge in [0.05, 0.1) is 5.56 Å². The molecule has 1 aromatic heterocycles. The lowest BCUT2D eigenvalue weighted by Crippen LogP contribution is -2.24. The van der Waals surface area contributed by atoms with Gasteiger partial charge >= 0.3 is 0 Å². The standard InChI is InChI=1S/C18H22N4O3/c1-2-3-4-7-19-17(23)14-10-21-18(22-11-14)20-9-13-5-6-15-16(8-13)25-12-24-15/h5-6,8,10-11H,2-4,7,9,12H2,1H3,(H,19,23)(H,20,21,22). The average Bonchev–Trinajstić information content (AvgIpc) is 3.11. The molecule has 7 nitrogen and oxygen atoms in total. The molecule has 3 rings (SSSR count). The topological polar surface area (TPSA) is 85.4 Å². The second kappa shape index (κ2) is 8.32. The van der Waals surface area contributed by atoms with Gasteiger partial charge in [0.15, 0.2) is 11.5 Å². The summed E-state index contributed by atoms with van der Waals surface area (Å²) in [7, 11) is 0. The van der Waals surface area contributed by atoms with Gasteiger partial charge in [-0.3, -0.25) is 4.79 Å². The second-order valence-corrected chi connectivity index (χ2v) is 5.80. The van der Waals surface area contributed by atoms with Crippen molar-refractivity contribution in [2.75, 3.05) is 18.7 Å². The number of rotatable bonds is 8. The van der Waals surface area contributed by atoms with Crippen LogP contribution in [0.1, 0.15) is 42.1 Å². The van der Waals surface area contributed by atoms with Gasteiger partial charge in [0.2, 0.25) is 12.7 Å². The molecule has 0 atom stereocenters. The Hall–Kier alpha value is -2.83. The fraction of sp³-hybridized carbons (Fsp3) is 0.389. The Morgan fingerprint density at radius 3 is 2.76 bits per heavy atom. The van der Waals surface area contributed by atoms with E-state index in [1.54, 1.807) is 0 Å². The summed E-state index contributed by atoms with van der Waals surface area (Å²) in [4.78, 5) is 20.4. The highest BCUT2D eigenvalue weighted by Gasteiger charge is 2.13. The van der Waals surface area contributed by atoms with E-state index in [-0.39, 0.29) is 12.7 Å². The fourth-order valence-electron chi connectivity index (χ4n) is 2.45. The zero-order chi connectivity index (χ0) is 17.5. The van der Waals surface area contributed by atoms with Crippen molar-refractivity contribution in [3.8, 4) is 11.5 Å². The van der Waals surface area contributed by atoms with Gasteiger partial charge < -0.3 is 20.1 Å². The van der Waals surface area contributed by atoms with Crippen molar-refractivity contribution in [3.05, 3.63) is 41.7 Å². The number of hydrogen-bond acceptors (Lipinski definition) is 6. The van der Waals surface area contributed by atoms with Crippen molar-refractivity contribution < 1.29 is 14.3 Å². The molecule has 0 bridgehead atoms. The van der Waals surface area contributed by atoms with Crippen LogP contribution in [0.4, 0.5) is 5.95 Å². The zero-order valence-electron chi connectivity index (χ0n) is 14.2. The summed E-state index contributed by atoms with van der Waals surface area (Å²) in [6, 6.07) is 5.76. The minimum Gasteiger partial charge on any atom is -0.454 e. The fourth-order valence-corrected chi connectivity index (χ4v) is 2.45. The minimum absolute atomic E-state index is 0.140. The van der Waals surface area contributed by atoms with Crippen LogP contribution >= 0.6 is 0 Å². The van der Waals surface area contributed by atoms with E-state index in [0.29, 0.717) is 24.6 Å². The van der Waals surface area contributed by atoms with E-state index in [1.807, 2.05) is 18.2 Å². The molecule has 1 aromatic carbocycles. The monoisotopic (exact) mass is 342 g/mol. The predicted molar refractivity (Wildman–Crippen MR) is 93.8 cm³/mol. The van der Waals surface area contributed by atoms with E-state index in [1.165, 1.54) is 12.4 Å². The van der Waals surface area contributed by atoms with Crippen LogP contribution in [0.2, 0.25) is 0 Å². The van der Waals surface area contributed by atoms with Gasteiger partial charge in [-0.25, -0.2) is 9.97 Å². The number of unbranched alkanes of at least 4 members (excludes halogenated alkanes) is 2. The van der Waals surface area contributed by atoms with Crippen LogP contribution in [-0.2, 0) is 6.54 Å². The number of carbonyl (C=O) groups is 1. The Morgan fingerprint density at radius 1 is 1.16 bits per heavy atom. The number of hydrogen-bond donors (Lipinski definition) is 2. The molecule has 1 aliphatic heterocycles. The first-order chi connectivity index (χ1) is 12.3. The molecular weight excluding hydrogens is 320 g/mol. The maximum atomic E-state index is 12.0. The van der Waals surface area contributed by atoms with Gasteiger partial charge in [0.1, 0.15) is 0 Å². The molecule has 0 radical (unpaired) electrons. The van der Waals surface area contributed by atoms with Gasteiger partial charge in [0, 0.05) is 25.5 Å². The minimum atomic E-state index is -0.140. The summed E-state index contributed by atoms with van der Waals surface area (Å²) in [5, 5.41) is 6.00. The van der Waals surface area contributed by atoms with E-state index >= 15 is 0 Å². The molecule has 0 fully saturated rings. The molecule has 25 heavy (non-hydrogen) atoms. The van der Waals surface area contributed by atoms with E-state index < -0.39 is 0 Å². The molecule has 7 heteroatoms. The highest BCUT2D eigenvalue weighted by Crippen LogP contribution is 2.32. The number of fused-ring (bicyclic) bond motifs is 1. The van der Waals surface area contributed by atoms with E-state index in [0.717, 1.165) is 36.3 Å². The number of anilines is 1. The maximum Gasteiger partial charge on any atom is 0.254 e. The number of ether oxygens (including phenoxy) is 2. The van der Waals surface area contributed by atoms with Crippen LogP contribution in [0, 0.1) is 0 Å². The van der Waals surface area contributed by atoms with Crippen molar-refractivity contribution >= 4 is 11.9 Å². The van der Waals surface area contributed by atoms with Crippen molar-refractivity contribution in [3.63, 3.8) is 0 Å². The third-order valence-electron chi connectivity index (χ3n) is 3.87. The summed E-state index contributed by atoms with van der Waals surface area (Å²) >= 11 is 0. The first-order valence-corrected chi connectivity index (χ1v) is 8.49. The van der Waals surface area contributed by atoms with Crippen LogP contribution in [0.5, 0.6) is 11.5 Å². The van der Waals surface area contributed by atoms with Gasteiger partial charge in [-0.1, -0.05) is 25.8 Å². The van der Waals surface area contributed by atoms with E-state index in [2.05, 4.69) is 27.5 Å². The summed E-state index contributed by atoms with van der Waals surface area (Å²) in [5.41, 5.74) is 1.50. The summed E-state index contributed by atoms with van der Waals surface area (Å²) in [6.45, 7) is 3.62.